The number of carbonyl (C=O) groups is 1. The number of nitriles is 1. The van der Waals surface area contributed by atoms with Crippen LogP contribution in [0.2, 0.25) is 5.02 Å². The third-order valence-electron chi connectivity index (χ3n) is 4.36. The van der Waals surface area contributed by atoms with Crippen LogP contribution in [0.1, 0.15) is 24.1 Å². The zero-order chi connectivity index (χ0) is 20.1. The summed E-state index contributed by atoms with van der Waals surface area (Å²) in [5.41, 5.74) is 1.35. The minimum absolute atomic E-state index is 0.181. The third kappa shape index (κ3) is 4.36. The van der Waals surface area contributed by atoms with E-state index in [-0.39, 0.29) is 29.3 Å². The summed E-state index contributed by atoms with van der Waals surface area (Å²) < 4.78 is 10.7. The van der Waals surface area contributed by atoms with Crippen LogP contribution in [-0.4, -0.2) is 19.6 Å². The van der Waals surface area contributed by atoms with Gasteiger partial charge in [-0.1, -0.05) is 48.0 Å². The molecule has 0 bridgehead atoms. The molecular weight excluding hydrogens is 376 g/mol. The first-order valence-corrected chi connectivity index (χ1v) is 9.08. The number of fused-ring (bicyclic) bond motifs is 1. The van der Waals surface area contributed by atoms with E-state index in [9.17, 15) is 4.79 Å². The van der Waals surface area contributed by atoms with Crippen molar-refractivity contribution < 1.29 is 14.3 Å². The second-order valence-electron chi connectivity index (χ2n) is 6.29. The van der Waals surface area contributed by atoms with E-state index in [0.717, 1.165) is 16.3 Å². The van der Waals surface area contributed by atoms with E-state index in [2.05, 4.69) is 11.4 Å². The Labute approximate surface area is 168 Å². The van der Waals surface area contributed by atoms with E-state index in [4.69, 9.17) is 26.3 Å². The monoisotopic (exact) mass is 394 g/mol. The van der Waals surface area contributed by atoms with E-state index in [0.29, 0.717) is 11.3 Å². The molecule has 0 aliphatic heterocycles. The van der Waals surface area contributed by atoms with Crippen LogP contribution in [0.25, 0.3) is 10.8 Å². The predicted octanol–water partition coefficient (Wildman–Crippen LogP) is 4.63. The van der Waals surface area contributed by atoms with Gasteiger partial charge in [0, 0.05) is 6.07 Å². The quantitative estimate of drug-likeness (QED) is 0.661. The standard InChI is InChI=1S/C22H19ClN2O3/c1-14(17-8-7-16-5-3-4-6-18(16)11-17)25-21(26)13-28-22-19(23)9-15(12-24)10-20(22)27-2/h3-11,14H,13H2,1-2H3,(H,25,26). The van der Waals surface area contributed by atoms with Gasteiger partial charge in [-0.15, -0.1) is 0 Å². The molecule has 0 saturated heterocycles. The van der Waals surface area contributed by atoms with Gasteiger partial charge >= 0.3 is 0 Å². The molecule has 0 heterocycles. The van der Waals surface area contributed by atoms with Crippen LogP contribution >= 0.6 is 11.6 Å². The fraction of sp³-hybridized carbons (Fsp3) is 0.182. The highest BCUT2D eigenvalue weighted by Gasteiger charge is 2.15. The highest BCUT2D eigenvalue weighted by Crippen LogP contribution is 2.36. The number of amides is 1. The van der Waals surface area contributed by atoms with Gasteiger partial charge < -0.3 is 14.8 Å². The minimum atomic E-state index is -0.289. The summed E-state index contributed by atoms with van der Waals surface area (Å²) >= 11 is 6.14. The highest BCUT2D eigenvalue weighted by molar-refractivity contribution is 6.32. The van der Waals surface area contributed by atoms with Crippen LogP contribution in [0.3, 0.4) is 0 Å². The number of carbonyl (C=O) groups excluding carboxylic acids is 1. The molecule has 142 valence electrons. The molecule has 0 aliphatic rings. The first-order valence-electron chi connectivity index (χ1n) is 8.70. The smallest absolute Gasteiger partial charge is 0.258 e. The Morgan fingerprint density at radius 3 is 2.64 bits per heavy atom. The number of methoxy groups -OCH3 is 1. The van der Waals surface area contributed by atoms with Gasteiger partial charge in [0.05, 0.1) is 29.8 Å². The molecule has 0 aromatic heterocycles. The van der Waals surface area contributed by atoms with Gasteiger partial charge in [0.25, 0.3) is 5.91 Å². The Bertz CT molecular complexity index is 1060. The molecule has 1 amide bonds. The normalized spacial score (nSPS) is 11.5. The van der Waals surface area contributed by atoms with E-state index in [1.807, 2.05) is 49.4 Å². The SMILES string of the molecule is COc1cc(C#N)cc(Cl)c1OCC(=O)NC(C)c1ccc2ccccc2c1. The molecule has 28 heavy (non-hydrogen) atoms. The van der Waals surface area contributed by atoms with Gasteiger partial charge in [0.1, 0.15) is 0 Å². The van der Waals surface area contributed by atoms with E-state index in [1.165, 1.54) is 19.2 Å². The molecule has 0 aliphatic carbocycles. The zero-order valence-corrected chi connectivity index (χ0v) is 16.3. The van der Waals surface area contributed by atoms with Crippen LogP contribution in [0.5, 0.6) is 11.5 Å². The van der Waals surface area contributed by atoms with Gasteiger partial charge in [-0.3, -0.25) is 4.79 Å². The lowest BCUT2D eigenvalue weighted by Gasteiger charge is -2.16. The van der Waals surface area contributed by atoms with Crippen molar-refractivity contribution in [2.75, 3.05) is 13.7 Å². The fourth-order valence-electron chi connectivity index (χ4n) is 2.91. The lowest BCUT2D eigenvalue weighted by molar-refractivity contribution is -0.123. The summed E-state index contributed by atoms with van der Waals surface area (Å²) in [7, 11) is 1.45. The zero-order valence-electron chi connectivity index (χ0n) is 15.5. The maximum Gasteiger partial charge on any atom is 0.258 e. The summed E-state index contributed by atoms with van der Waals surface area (Å²) in [6.45, 7) is 1.69. The van der Waals surface area contributed by atoms with Gasteiger partial charge in [-0.25, -0.2) is 0 Å². The summed E-state index contributed by atoms with van der Waals surface area (Å²) in [5, 5.41) is 14.4. The number of hydrogen-bond acceptors (Lipinski definition) is 4. The molecule has 5 nitrogen and oxygen atoms in total. The number of nitrogens with one attached hydrogen (secondary N) is 1. The average Bonchev–Trinajstić information content (AvgIpc) is 2.71. The maximum atomic E-state index is 12.3. The van der Waals surface area contributed by atoms with Crippen molar-refractivity contribution in [3.63, 3.8) is 0 Å². The largest absolute Gasteiger partial charge is 0.493 e. The Morgan fingerprint density at radius 2 is 1.93 bits per heavy atom. The van der Waals surface area contributed by atoms with Crippen LogP contribution < -0.4 is 14.8 Å². The van der Waals surface area contributed by atoms with E-state index in [1.54, 1.807) is 0 Å². The molecule has 1 N–H and O–H groups in total. The predicted molar refractivity (Wildman–Crippen MR) is 109 cm³/mol. The number of ether oxygens (including phenoxy) is 2. The minimum Gasteiger partial charge on any atom is -0.493 e. The number of rotatable bonds is 6. The second kappa shape index (κ2) is 8.64. The van der Waals surface area contributed by atoms with Crippen LogP contribution in [0, 0.1) is 11.3 Å². The van der Waals surface area contributed by atoms with Crippen molar-refractivity contribution in [2.45, 2.75) is 13.0 Å². The molecular formula is C22H19ClN2O3. The number of benzene rings is 3. The second-order valence-corrected chi connectivity index (χ2v) is 6.69. The van der Waals surface area contributed by atoms with Crippen LogP contribution in [0.4, 0.5) is 0 Å². The van der Waals surface area contributed by atoms with Gasteiger partial charge in [-0.2, -0.15) is 5.26 Å². The Morgan fingerprint density at radius 1 is 1.18 bits per heavy atom. The number of hydrogen-bond donors (Lipinski definition) is 1. The molecule has 0 radical (unpaired) electrons. The van der Waals surface area contributed by atoms with Gasteiger partial charge in [-0.05, 0) is 35.4 Å². The Kier molecular flexibility index (Phi) is 6.03. The van der Waals surface area contributed by atoms with Crippen molar-refractivity contribution in [1.29, 1.82) is 5.26 Å². The van der Waals surface area contributed by atoms with Crippen molar-refractivity contribution >= 4 is 28.3 Å². The molecule has 1 unspecified atom stereocenters. The summed E-state index contributed by atoms with van der Waals surface area (Å²) in [4.78, 5) is 12.3. The average molecular weight is 395 g/mol. The van der Waals surface area contributed by atoms with Crippen LogP contribution in [-0.2, 0) is 4.79 Å². The number of nitrogens with zero attached hydrogens (tertiary/aromatic N) is 1. The molecule has 0 fully saturated rings. The first kappa shape index (κ1) is 19.5. The van der Waals surface area contributed by atoms with Crippen molar-refractivity contribution in [3.05, 3.63) is 70.7 Å². The van der Waals surface area contributed by atoms with Crippen molar-refractivity contribution in [3.8, 4) is 17.6 Å². The fourth-order valence-corrected chi connectivity index (χ4v) is 3.17. The van der Waals surface area contributed by atoms with E-state index >= 15 is 0 Å². The molecule has 0 saturated carbocycles. The third-order valence-corrected chi connectivity index (χ3v) is 4.64. The lowest BCUT2D eigenvalue weighted by Crippen LogP contribution is -2.31. The van der Waals surface area contributed by atoms with Crippen LogP contribution in [0.15, 0.2) is 54.6 Å². The molecule has 1 atom stereocenters. The van der Waals surface area contributed by atoms with Crippen molar-refractivity contribution in [1.82, 2.24) is 5.32 Å². The molecule has 3 aromatic rings. The topological polar surface area (TPSA) is 71.3 Å². The number of halogens is 1. The molecule has 3 aromatic carbocycles. The first-order chi connectivity index (χ1) is 13.5. The van der Waals surface area contributed by atoms with Gasteiger partial charge in [0.2, 0.25) is 0 Å². The Balaban J connectivity index is 1.66. The lowest BCUT2D eigenvalue weighted by atomic mass is 10.0. The van der Waals surface area contributed by atoms with Gasteiger partial charge in [0.15, 0.2) is 18.1 Å². The highest BCUT2D eigenvalue weighted by atomic mass is 35.5. The van der Waals surface area contributed by atoms with Crippen molar-refractivity contribution in [2.24, 2.45) is 0 Å². The summed E-state index contributed by atoms with van der Waals surface area (Å²) in [6, 6.07) is 18.9. The molecule has 6 heteroatoms. The molecule has 3 rings (SSSR count). The summed E-state index contributed by atoms with van der Waals surface area (Å²) in [5.74, 6) is 0.249. The molecule has 0 spiro atoms. The summed E-state index contributed by atoms with van der Waals surface area (Å²) in [6.07, 6.45) is 0. The maximum absolute atomic E-state index is 12.3. The Hall–Kier alpha value is -3.23. The van der Waals surface area contributed by atoms with E-state index < -0.39 is 0 Å².